The van der Waals surface area contributed by atoms with Crippen molar-refractivity contribution in [3.05, 3.63) is 12.7 Å². The molecule has 4 unspecified atom stereocenters. The van der Waals surface area contributed by atoms with Gasteiger partial charge >= 0.3 is 18.2 Å². The molecule has 1 heterocycles. The van der Waals surface area contributed by atoms with Crippen molar-refractivity contribution in [2.45, 2.75) is 118 Å². The molecule has 0 bridgehead atoms. The molecular weight excluding hydrogens is 659 g/mol. The highest BCUT2D eigenvalue weighted by atomic mass is 19.4. The van der Waals surface area contributed by atoms with E-state index < -0.39 is 71.1 Å². The Labute approximate surface area is 293 Å². The summed E-state index contributed by atoms with van der Waals surface area (Å²) in [6, 6.07) is -3.71. The minimum atomic E-state index is -3.89. The van der Waals surface area contributed by atoms with Gasteiger partial charge < -0.3 is 30.9 Å². The van der Waals surface area contributed by atoms with Gasteiger partial charge in [-0.3, -0.25) is 24.0 Å². The average Bonchev–Trinajstić information content (AvgIpc) is 3.95. The van der Waals surface area contributed by atoms with Crippen LogP contribution in [0.1, 0.15) is 93.4 Å². The number of esters is 1. The van der Waals surface area contributed by atoms with Crippen molar-refractivity contribution in [1.82, 2.24) is 26.2 Å². The van der Waals surface area contributed by atoms with Gasteiger partial charge in [0, 0.05) is 13.1 Å². The molecule has 0 aromatic carbocycles. The van der Waals surface area contributed by atoms with E-state index in [0.717, 1.165) is 12.8 Å². The number of amides is 5. The summed E-state index contributed by atoms with van der Waals surface area (Å²) in [5.41, 5.74) is -1.11. The second-order valence-electron chi connectivity index (χ2n) is 15.5. The Morgan fingerprint density at radius 3 is 2.00 bits per heavy atom. The first-order valence-electron chi connectivity index (χ1n) is 17.4. The van der Waals surface area contributed by atoms with Crippen molar-refractivity contribution in [2.24, 2.45) is 28.6 Å². The molecule has 0 aromatic rings. The molecule has 4 N–H and O–H groups in total. The van der Waals surface area contributed by atoms with Crippen molar-refractivity contribution in [1.29, 1.82) is 0 Å². The number of alkyl halides is 3. The fourth-order valence-electron chi connectivity index (χ4n) is 5.60. The molecule has 3 aliphatic rings. The number of carbonyl (C=O) groups is 6. The predicted octanol–water partition coefficient (Wildman–Crippen LogP) is 4.03. The van der Waals surface area contributed by atoms with Crippen LogP contribution in [0.2, 0.25) is 0 Å². The molecule has 0 spiro atoms. The molecule has 15 heteroatoms. The summed E-state index contributed by atoms with van der Waals surface area (Å²) in [6.45, 7) is 17.1. The van der Waals surface area contributed by atoms with Gasteiger partial charge in [-0.1, -0.05) is 61.0 Å². The number of nitrogens with one attached hydrogen (secondary N) is 4. The largest absolute Gasteiger partial charge is 0.464 e. The predicted molar refractivity (Wildman–Crippen MR) is 180 cm³/mol. The number of carbonyl (C=O) groups excluding carboxylic acids is 6. The van der Waals surface area contributed by atoms with Crippen LogP contribution in [0.15, 0.2) is 12.7 Å². The number of Topliss-reactive ketones (excluding diaryl/α,β-unsaturated/α-hetero) is 1. The second kappa shape index (κ2) is 18.0. The maximum Gasteiger partial charge on any atom is 0.391 e. The molecule has 0 radical (unpaired) electrons. The molecule has 0 aromatic heterocycles. The second-order valence-corrected chi connectivity index (χ2v) is 15.5. The number of rotatable bonds is 14. The van der Waals surface area contributed by atoms with E-state index in [2.05, 4.69) is 27.8 Å². The Balaban J connectivity index is 0.00000110. The Hall–Kier alpha value is -3.65. The first kappa shape index (κ1) is 42.5. The van der Waals surface area contributed by atoms with Crippen LogP contribution in [0.5, 0.6) is 0 Å². The number of ketones is 1. The molecule has 1 saturated heterocycles. The van der Waals surface area contributed by atoms with Gasteiger partial charge in [0.2, 0.25) is 17.6 Å². The van der Waals surface area contributed by atoms with Crippen LogP contribution in [0, 0.1) is 28.6 Å². The van der Waals surface area contributed by atoms with E-state index in [1.54, 1.807) is 20.8 Å². The highest BCUT2D eigenvalue weighted by molar-refractivity contribution is 6.38. The third-order valence-corrected chi connectivity index (χ3v) is 8.90. The van der Waals surface area contributed by atoms with E-state index in [0.29, 0.717) is 38.2 Å². The van der Waals surface area contributed by atoms with Gasteiger partial charge in [-0.05, 0) is 61.2 Å². The van der Waals surface area contributed by atoms with E-state index in [1.807, 2.05) is 27.7 Å². The minimum absolute atomic E-state index is 0.116. The summed E-state index contributed by atoms with van der Waals surface area (Å²) in [5.74, 6) is -3.91. The molecule has 2 saturated carbocycles. The van der Waals surface area contributed by atoms with E-state index in [4.69, 9.17) is 4.74 Å². The number of nitrogens with zero attached hydrogens (tertiary/aromatic N) is 1. The Morgan fingerprint density at radius 2 is 1.54 bits per heavy atom. The molecule has 50 heavy (non-hydrogen) atoms. The number of ether oxygens (including phenoxy) is 1. The van der Waals surface area contributed by atoms with Gasteiger partial charge in [0.15, 0.2) is 0 Å². The zero-order valence-electron chi connectivity index (χ0n) is 30.5. The van der Waals surface area contributed by atoms with Crippen molar-refractivity contribution < 1.29 is 46.7 Å². The van der Waals surface area contributed by atoms with E-state index in [9.17, 15) is 41.9 Å². The molecule has 2 aliphatic carbocycles. The summed E-state index contributed by atoms with van der Waals surface area (Å²) in [7, 11) is 0. The molecule has 3 fully saturated rings. The maximum atomic E-state index is 14.1. The number of urea groups is 1. The molecule has 12 nitrogen and oxygen atoms in total. The fourth-order valence-corrected chi connectivity index (χ4v) is 5.60. The lowest BCUT2D eigenvalue weighted by Crippen LogP contribution is -2.61. The van der Waals surface area contributed by atoms with Crippen molar-refractivity contribution in [3.63, 3.8) is 0 Å². The molecule has 5 amide bonds. The minimum Gasteiger partial charge on any atom is -0.464 e. The van der Waals surface area contributed by atoms with Crippen LogP contribution in [0.25, 0.3) is 0 Å². The zero-order valence-corrected chi connectivity index (χ0v) is 30.5. The molecular formula is C35H56F3N5O7. The summed E-state index contributed by atoms with van der Waals surface area (Å²) in [6.07, 6.45) is 1.66. The quantitative estimate of drug-likeness (QED) is 0.120. The van der Waals surface area contributed by atoms with Crippen LogP contribution >= 0.6 is 0 Å². The van der Waals surface area contributed by atoms with Crippen molar-refractivity contribution >= 4 is 35.5 Å². The highest BCUT2D eigenvalue weighted by Crippen LogP contribution is 2.44. The third-order valence-electron chi connectivity index (χ3n) is 8.90. The van der Waals surface area contributed by atoms with Crippen LogP contribution < -0.4 is 21.3 Å². The number of likely N-dealkylation sites (tertiary alicyclic amines) is 1. The summed E-state index contributed by atoms with van der Waals surface area (Å²) >= 11 is 0. The zero-order chi connectivity index (χ0) is 38.0. The Kier molecular flexibility index (Phi) is 15.3. The SMILES string of the molecule is C=CCNC(=O)C(=O)C(CCC)NC(=O)C1C(C(C)(C)C)CCN1C(=O)C(NC(=O)NCC(=O)OCC1CC1)C(C)(C)C.FC(F)(F)C1CC1. The van der Waals surface area contributed by atoms with Crippen LogP contribution in [0.3, 0.4) is 0 Å². The van der Waals surface area contributed by atoms with Crippen LogP contribution in [0.4, 0.5) is 18.0 Å². The van der Waals surface area contributed by atoms with E-state index in [-0.39, 0.29) is 37.4 Å². The molecule has 4 atom stereocenters. The Bertz CT molecular complexity index is 1240. The third kappa shape index (κ3) is 13.6. The first-order chi connectivity index (χ1) is 23.1. The lowest BCUT2D eigenvalue weighted by Gasteiger charge is -2.38. The highest BCUT2D eigenvalue weighted by Gasteiger charge is 2.50. The van der Waals surface area contributed by atoms with E-state index in [1.165, 1.54) is 11.0 Å². The smallest absolute Gasteiger partial charge is 0.391 e. The lowest BCUT2D eigenvalue weighted by atomic mass is 9.75. The van der Waals surface area contributed by atoms with Crippen molar-refractivity contribution in [2.75, 3.05) is 26.2 Å². The molecule has 1 aliphatic heterocycles. The summed E-state index contributed by atoms with van der Waals surface area (Å²) in [4.78, 5) is 79.5. The van der Waals surface area contributed by atoms with Gasteiger partial charge in [0.05, 0.1) is 18.6 Å². The van der Waals surface area contributed by atoms with Crippen LogP contribution in [-0.4, -0.2) is 90.9 Å². The number of hydrogen-bond donors (Lipinski definition) is 4. The fraction of sp³-hybridized carbons (Fsp3) is 0.771. The molecule has 3 rings (SSSR count). The van der Waals surface area contributed by atoms with Crippen molar-refractivity contribution in [3.8, 4) is 0 Å². The average molecular weight is 716 g/mol. The normalized spacial score (nSPS) is 20.3. The molecule has 284 valence electrons. The van der Waals surface area contributed by atoms with E-state index >= 15 is 0 Å². The maximum absolute atomic E-state index is 14.1. The topological polar surface area (TPSA) is 163 Å². The van der Waals surface area contributed by atoms with Gasteiger partial charge in [0.25, 0.3) is 5.91 Å². The lowest BCUT2D eigenvalue weighted by molar-refractivity contribution is -0.147. The number of halogens is 3. The monoisotopic (exact) mass is 715 g/mol. The van der Waals surface area contributed by atoms with Crippen LogP contribution in [-0.2, 0) is 28.7 Å². The van der Waals surface area contributed by atoms with Gasteiger partial charge in [-0.15, -0.1) is 6.58 Å². The first-order valence-corrected chi connectivity index (χ1v) is 17.4. The van der Waals surface area contributed by atoms with Gasteiger partial charge in [-0.25, -0.2) is 4.79 Å². The summed E-state index contributed by atoms with van der Waals surface area (Å²) < 4.78 is 38.9. The standard InChI is InChI=1S/C31H51N5O7.C4H5F3/c1-9-11-21(24(38)27(40)32-15-10-2)34-26(39)23-20(30(3,4)5)14-16-36(23)28(41)25(31(6,7)8)35-29(42)33-17-22(37)43-18-19-12-13-19;5-4(6,7)3-1-2-3/h10,19-21,23,25H,2,9,11-18H2,1,3-8H3,(H,32,40)(H,34,39)(H2,33,35,42);3H,1-2H2. The van der Waals surface area contributed by atoms with Gasteiger partial charge in [0.1, 0.15) is 18.6 Å². The number of hydrogen-bond acceptors (Lipinski definition) is 7. The van der Waals surface area contributed by atoms with Gasteiger partial charge in [-0.2, -0.15) is 13.2 Å². The summed E-state index contributed by atoms with van der Waals surface area (Å²) in [5, 5.41) is 10.4. The Morgan fingerprint density at radius 1 is 0.920 bits per heavy atom.